The van der Waals surface area contributed by atoms with Crippen molar-refractivity contribution < 1.29 is 4.74 Å². The second-order valence-corrected chi connectivity index (χ2v) is 3.19. The SMILES string of the molecule is CCCOCCNPP. The van der Waals surface area contributed by atoms with E-state index in [9.17, 15) is 0 Å². The molecule has 0 aliphatic carbocycles. The first-order chi connectivity index (χ1) is 4.41. The summed E-state index contributed by atoms with van der Waals surface area (Å²) in [6.07, 6.45) is 1.11. The molecule has 0 radical (unpaired) electrons. The lowest BCUT2D eigenvalue weighted by atomic mass is 10.5. The van der Waals surface area contributed by atoms with Crippen molar-refractivity contribution in [3.63, 3.8) is 0 Å². The van der Waals surface area contributed by atoms with Gasteiger partial charge in [0.1, 0.15) is 0 Å². The Hall–Kier alpha value is 0.780. The smallest absolute Gasteiger partial charge is 0.0594 e. The molecule has 2 atom stereocenters. The molecule has 0 aromatic carbocycles. The van der Waals surface area contributed by atoms with Crippen molar-refractivity contribution in [3.8, 4) is 0 Å². The van der Waals surface area contributed by atoms with Gasteiger partial charge in [0.2, 0.25) is 0 Å². The molecule has 1 N–H and O–H groups in total. The van der Waals surface area contributed by atoms with Gasteiger partial charge in [0, 0.05) is 13.2 Å². The Bertz CT molecular complexity index is 48.2. The van der Waals surface area contributed by atoms with E-state index >= 15 is 0 Å². The number of rotatable bonds is 6. The van der Waals surface area contributed by atoms with Gasteiger partial charge in [-0.05, 0) is 14.8 Å². The minimum atomic E-state index is 0.756. The fourth-order valence-electron chi connectivity index (χ4n) is 0.442. The van der Waals surface area contributed by atoms with Crippen molar-refractivity contribution in [2.75, 3.05) is 19.8 Å². The van der Waals surface area contributed by atoms with Crippen LogP contribution in [-0.4, -0.2) is 19.8 Å². The molecule has 0 rings (SSSR count). The topological polar surface area (TPSA) is 21.3 Å². The third-order valence-corrected chi connectivity index (χ3v) is 1.89. The van der Waals surface area contributed by atoms with Gasteiger partial charge in [0.25, 0.3) is 0 Å². The lowest BCUT2D eigenvalue weighted by molar-refractivity contribution is 0.140. The van der Waals surface area contributed by atoms with Crippen molar-refractivity contribution in [2.45, 2.75) is 13.3 Å². The van der Waals surface area contributed by atoms with Crippen LogP contribution in [0.25, 0.3) is 0 Å². The van der Waals surface area contributed by atoms with Gasteiger partial charge in [0.05, 0.1) is 6.61 Å². The van der Waals surface area contributed by atoms with Gasteiger partial charge in [-0.15, -0.1) is 0 Å². The van der Waals surface area contributed by atoms with Crippen LogP contribution >= 0.6 is 17.3 Å². The van der Waals surface area contributed by atoms with Gasteiger partial charge in [-0.2, -0.15) is 0 Å². The van der Waals surface area contributed by atoms with Crippen molar-refractivity contribution in [3.05, 3.63) is 0 Å². The average Bonchev–Trinajstić information content (AvgIpc) is 1.89. The van der Waals surface area contributed by atoms with Crippen molar-refractivity contribution in [1.82, 2.24) is 5.09 Å². The lowest BCUT2D eigenvalue weighted by Gasteiger charge is -2.01. The second kappa shape index (κ2) is 8.78. The summed E-state index contributed by atoms with van der Waals surface area (Å²) in [6, 6.07) is 0. The Labute approximate surface area is 61.1 Å². The Morgan fingerprint density at radius 1 is 1.56 bits per heavy atom. The van der Waals surface area contributed by atoms with E-state index < -0.39 is 0 Å². The van der Waals surface area contributed by atoms with Gasteiger partial charge in [-0.25, -0.2) is 0 Å². The highest BCUT2D eigenvalue weighted by molar-refractivity contribution is 8.01. The predicted octanol–water partition coefficient (Wildman–Crippen LogP) is 1.39. The van der Waals surface area contributed by atoms with Gasteiger partial charge in [-0.3, -0.25) is 5.09 Å². The highest BCUT2D eigenvalue weighted by atomic mass is 32.0. The summed E-state index contributed by atoms with van der Waals surface area (Å²) < 4.78 is 5.22. The summed E-state index contributed by atoms with van der Waals surface area (Å²) in [5.74, 6) is 0. The number of hydrogen-bond acceptors (Lipinski definition) is 2. The number of ether oxygens (including phenoxy) is 1. The minimum Gasteiger partial charge on any atom is -0.380 e. The normalized spacial score (nSPS) is 11.3. The van der Waals surface area contributed by atoms with Crippen LogP contribution in [0.3, 0.4) is 0 Å². The highest BCUT2D eigenvalue weighted by Crippen LogP contribution is 2.11. The molecule has 0 amide bonds. The monoisotopic (exact) mass is 167 g/mol. The second-order valence-electron chi connectivity index (χ2n) is 1.68. The van der Waals surface area contributed by atoms with Crippen LogP contribution in [0.1, 0.15) is 13.3 Å². The van der Waals surface area contributed by atoms with Crippen LogP contribution in [0, 0.1) is 0 Å². The molecule has 0 saturated heterocycles. The van der Waals surface area contributed by atoms with Crippen LogP contribution in [0.5, 0.6) is 0 Å². The maximum atomic E-state index is 5.22. The number of nitrogens with one attached hydrogen (secondary N) is 1. The van der Waals surface area contributed by atoms with Crippen LogP contribution in [-0.2, 0) is 4.74 Å². The van der Waals surface area contributed by atoms with E-state index in [0.717, 1.165) is 34.6 Å². The van der Waals surface area contributed by atoms with Crippen LogP contribution in [0.4, 0.5) is 0 Å². The molecule has 9 heavy (non-hydrogen) atoms. The summed E-state index contributed by atoms with van der Waals surface area (Å²) in [4.78, 5) is 0. The Morgan fingerprint density at radius 3 is 2.89 bits per heavy atom. The Morgan fingerprint density at radius 2 is 2.33 bits per heavy atom. The van der Waals surface area contributed by atoms with Crippen LogP contribution in [0.2, 0.25) is 0 Å². The van der Waals surface area contributed by atoms with E-state index in [-0.39, 0.29) is 0 Å². The van der Waals surface area contributed by atoms with Gasteiger partial charge >= 0.3 is 0 Å². The fourth-order valence-corrected chi connectivity index (χ4v) is 1.12. The molecule has 0 saturated carbocycles. The Balaban J connectivity index is 2.60. The van der Waals surface area contributed by atoms with E-state index in [0.29, 0.717) is 0 Å². The van der Waals surface area contributed by atoms with Crippen LogP contribution in [0.15, 0.2) is 0 Å². The summed E-state index contributed by atoms with van der Waals surface area (Å²) in [7, 11) is 3.39. The van der Waals surface area contributed by atoms with E-state index in [2.05, 4.69) is 20.9 Å². The van der Waals surface area contributed by atoms with Crippen LogP contribution < -0.4 is 5.09 Å². The molecule has 0 aliphatic rings. The summed E-state index contributed by atoms with van der Waals surface area (Å²) >= 11 is 0. The molecule has 56 valence electrons. The Kier molecular flexibility index (Phi) is 9.54. The zero-order valence-electron chi connectivity index (χ0n) is 5.81. The average molecular weight is 167 g/mol. The molecule has 0 aromatic rings. The van der Waals surface area contributed by atoms with Crippen molar-refractivity contribution >= 4 is 17.3 Å². The lowest BCUT2D eigenvalue weighted by Crippen LogP contribution is -2.10. The first-order valence-corrected chi connectivity index (χ1v) is 5.99. The molecule has 0 fully saturated rings. The molecule has 2 unspecified atom stereocenters. The highest BCUT2D eigenvalue weighted by Gasteiger charge is 1.83. The molecule has 4 heteroatoms. The predicted molar refractivity (Wildman–Crippen MR) is 47.1 cm³/mol. The molecular weight excluding hydrogens is 152 g/mol. The summed E-state index contributed by atoms with van der Waals surface area (Å²) in [6.45, 7) is 4.82. The molecule has 0 spiro atoms. The third-order valence-electron chi connectivity index (χ3n) is 0.822. The van der Waals surface area contributed by atoms with Gasteiger partial charge < -0.3 is 4.74 Å². The van der Waals surface area contributed by atoms with E-state index in [1.54, 1.807) is 0 Å². The van der Waals surface area contributed by atoms with E-state index in [1.165, 1.54) is 0 Å². The summed E-state index contributed by atoms with van der Waals surface area (Å²) in [5, 5.41) is 3.17. The molecule has 0 bridgehead atoms. The summed E-state index contributed by atoms with van der Waals surface area (Å²) in [5.41, 5.74) is 0. The van der Waals surface area contributed by atoms with Gasteiger partial charge in [-0.1, -0.05) is 15.9 Å². The third kappa shape index (κ3) is 8.78. The van der Waals surface area contributed by atoms with Crippen molar-refractivity contribution in [1.29, 1.82) is 0 Å². The largest absolute Gasteiger partial charge is 0.380 e. The van der Waals surface area contributed by atoms with E-state index in [4.69, 9.17) is 4.74 Å². The molecule has 0 aliphatic heterocycles. The molecule has 0 aromatic heterocycles. The van der Waals surface area contributed by atoms with E-state index in [1.807, 2.05) is 0 Å². The maximum Gasteiger partial charge on any atom is 0.0594 e. The molecule has 0 heterocycles. The zero-order chi connectivity index (χ0) is 6.95. The zero-order valence-corrected chi connectivity index (χ0v) is 7.97. The first kappa shape index (κ1) is 9.78. The quantitative estimate of drug-likeness (QED) is 0.476. The maximum absolute atomic E-state index is 5.22. The fraction of sp³-hybridized carbons (Fsp3) is 1.00. The van der Waals surface area contributed by atoms with Crippen molar-refractivity contribution in [2.24, 2.45) is 0 Å². The van der Waals surface area contributed by atoms with Gasteiger partial charge in [0.15, 0.2) is 0 Å². The molecular formula is C5H15NOP2. The number of hydrogen-bond donors (Lipinski definition) is 1. The minimum absolute atomic E-state index is 0.756. The molecule has 2 nitrogen and oxygen atoms in total. The first-order valence-electron chi connectivity index (χ1n) is 3.18. The standard InChI is InChI=1S/C5H15NOP2/c1-2-4-7-5-3-6-9-8/h6,9H,2-5,8H2,1H3.